The van der Waals surface area contributed by atoms with Crippen LogP contribution in [0.3, 0.4) is 0 Å². The van der Waals surface area contributed by atoms with Crippen molar-refractivity contribution < 1.29 is 14.4 Å². The van der Waals surface area contributed by atoms with Crippen molar-refractivity contribution in [1.82, 2.24) is 0 Å². The molecule has 0 aliphatic carbocycles. The lowest BCUT2D eigenvalue weighted by Crippen LogP contribution is -1.95. The molecule has 0 aliphatic heterocycles. The standard InChI is InChI=1S/C14H9BrN2O4/c1-20-11-2-3-14(13(7-11)17(18)19)21-12-5-9(8-16)4-10(15)6-12/h2-7H,1H3. The van der Waals surface area contributed by atoms with Gasteiger partial charge in [-0.1, -0.05) is 15.9 Å². The Morgan fingerprint density at radius 2 is 2.00 bits per heavy atom. The molecule has 0 spiro atoms. The van der Waals surface area contributed by atoms with Crippen LogP contribution in [0.25, 0.3) is 0 Å². The highest BCUT2D eigenvalue weighted by molar-refractivity contribution is 9.10. The van der Waals surface area contributed by atoms with E-state index < -0.39 is 4.92 Å². The van der Waals surface area contributed by atoms with Gasteiger partial charge in [0.1, 0.15) is 11.5 Å². The van der Waals surface area contributed by atoms with Crippen molar-refractivity contribution in [2.75, 3.05) is 7.11 Å². The Balaban J connectivity index is 2.42. The van der Waals surface area contributed by atoms with Gasteiger partial charge in [-0.15, -0.1) is 0 Å². The van der Waals surface area contributed by atoms with Gasteiger partial charge in [-0.3, -0.25) is 10.1 Å². The minimum Gasteiger partial charge on any atom is -0.496 e. The van der Waals surface area contributed by atoms with E-state index in [0.29, 0.717) is 21.5 Å². The number of nitro benzene ring substituents is 1. The van der Waals surface area contributed by atoms with Crippen LogP contribution >= 0.6 is 15.9 Å². The molecule has 106 valence electrons. The summed E-state index contributed by atoms with van der Waals surface area (Å²) in [5.41, 5.74) is 0.170. The molecule has 2 rings (SSSR count). The highest BCUT2D eigenvalue weighted by atomic mass is 79.9. The van der Waals surface area contributed by atoms with Gasteiger partial charge in [-0.2, -0.15) is 5.26 Å². The smallest absolute Gasteiger partial charge is 0.315 e. The predicted molar refractivity (Wildman–Crippen MR) is 78.6 cm³/mol. The molecule has 0 N–H and O–H groups in total. The molecule has 7 heteroatoms. The van der Waals surface area contributed by atoms with Crippen molar-refractivity contribution in [2.45, 2.75) is 0 Å². The van der Waals surface area contributed by atoms with Crippen molar-refractivity contribution in [3.63, 3.8) is 0 Å². The number of rotatable bonds is 4. The SMILES string of the molecule is COc1ccc(Oc2cc(Br)cc(C#N)c2)c([N+](=O)[O-])c1. The van der Waals surface area contributed by atoms with Crippen LogP contribution in [-0.4, -0.2) is 12.0 Å². The molecule has 0 atom stereocenters. The van der Waals surface area contributed by atoms with E-state index in [2.05, 4.69) is 15.9 Å². The summed E-state index contributed by atoms with van der Waals surface area (Å²) < 4.78 is 11.1. The number of nitro groups is 1. The molecule has 0 saturated heterocycles. The molecule has 0 aliphatic rings. The lowest BCUT2D eigenvalue weighted by Gasteiger charge is -2.08. The van der Waals surface area contributed by atoms with Gasteiger partial charge in [0.25, 0.3) is 0 Å². The van der Waals surface area contributed by atoms with Gasteiger partial charge < -0.3 is 9.47 Å². The number of halogens is 1. The van der Waals surface area contributed by atoms with Crippen molar-refractivity contribution >= 4 is 21.6 Å². The average Bonchev–Trinajstić information content (AvgIpc) is 2.46. The summed E-state index contributed by atoms with van der Waals surface area (Å²) in [6.45, 7) is 0. The Morgan fingerprint density at radius 3 is 2.62 bits per heavy atom. The van der Waals surface area contributed by atoms with E-state index in [-0.39, 0.29) is 11.4 Å². The van der Waals surface area contributed by atoms with Crippen molar-refractivity contribution in [3.8, 4) is 23.3 Å². The van der Waals surface area contributed by atoms with Gasteiger partial charge in [-0.25, -0.2) is 0 Å². The van der Waals surface area contributed by atoms with Crippen LogP contribution in [0, 0.1) is 21.4 Å². The van der Waals surface area contributed by atoms with E-state index in [4.69, 9.17) is 14.7 Å². The molecule has 0 heterocycles. The molecular weight excluding hydrogens is 340 g/mol. The topological polar surface area (TPSA) is 85.4 Å². The van der Waals surface area contributed by atoms with E-state index in [0.717, 1.165) is 0 Å². The fourth-order valence-corrected chi connectivity index (χ4v) is 2.14. The van der Waals surface area contributed by atoms with Crippen LogP contribution in [0.2, 0.25) is 0 Å². The number of methoxy groups -OCH3 is 1. The monoisotopic (exact) mass is 348 g/mol. The molecule has 2 aromatic carbocycles. The fraction of sp³-hybridized carbons (Fsp3) is 0.0714. The Morgan fingerprint density at radius 1 is 1.24 bits per heavy atom. The Bertz CT molecular complexity index is 740. The molecule has 21 heavy (non-hydrogen) atoms. The van der Waals surface area contributed by atoms with E-state index >= 15 is 0 Å². The molecule has 0 fully saturated rings. The molecule has 0 amide bonds. The van der Waals surface area contributed by atoms with Crippen molar-refractivity contribution in [2.24, 2.45) is 0 Å². The van der Waals surface area contributed by atoms with Gasteiger partial charge in [0.2, 0.25) is 5.75 Å². The normalized spacial score (nSPS) is 9.76. The quantitative estimate of drug-likeness (QED) is 0.614. The summed E-state index contributed by atoms with van der Waals surface area (Å²) in [4.78, 5) is 10.5. The third-order valence-electron chi connectivity index (χ3n) is 2.59. The van der Waals surface area contributed by atoms with Crippen LogP contribution in [0.1, 0.15) is 5.56 Å². The summed E-state index contributed by atoms with van der Waals surface area (Å²) in [5, 5.41) is 20.0. The maximum absolute atomic E-state index is 11.1. The Labute approximate surface area is 128 Å². The summed E-state index contributed by atoms with van der Waals surface area (Å²) in [5.74, 6) is 0.762. The van der Waals surface area contributed by atoms with Crippen LogP contribution in [-0.2, 0) is 0 Å². The molecule has 0 saturated carbocycles. The summed E-state index contributed by atoms with van der Waals surface area (Å²) in [7, 11) is 1.42. The van der Waals surface area contributed by atoms with Crippen molar-refractivity contribution in [1.29, 1.82) is 5.26 Å². The minimum atomic E-state index is -0.555. The lowest BCUT2D eigenvalue weighted by molar-refractivity contribution is -0.385. The lowest BCUT2D eigenvalue weighted by atomic mass is 10.2. The van der Waals surface area contributed by atoms with E-state index in [1.165, 1.54) is 25.3 Å². The number of hydrogen-bond acceptors (Lipinski definition) is 5. The number of nitrogens with zero attached hydrogens (tertiary/aromatic N) is 2. The second-order valence-corrected chi connectivity index (χ2v) is 4.90. The fourth-order valence-electron chi connectivity index (χ4n) is 1.67. The number of hydrogen-bond donors (Lipinski definition) is 0. The zero-order valence-electron chi connectivity index (χ0n) is 10.9. The second-order valence-electron chi connectivity index (χ2n) is 3.98. The molecule has 0 aromatic heterocycles. The zero-order chi connectivity index (χ0) is 15.4. The van der Waals surface area contributed by atoms with Crippen LogP contribution in [0.5, 0.6) is 17.2 Å². The van der Waals surface area contributed by atoms with Crippen LogP contribution in [0.4, 0.5) is 5.69 Å². The Kier molecular flexibility index (Phi) is 4.40. The molecular formula is C14H9BrN2O4. The third kappa shape index (κ3) is 3.49. The molecule has 0 radical (unpaired) electrons. The second kappa shape index (κ2) is 6.24. The Hall–Kier alpha value is -2.59. The summed E-state index contributed by atoms with van der Waals surface area (Å²) >= 11 is 3.25. The molecule has 0 bridgehead atoms. The summed E-state index contributed by atoms with van der Waals surface area (Å²) in [6.07, 6.45) is 0. The first-order valence-electron chi connectivity index (χ1n) is 5.74. The van der Waals surface area contributed by atoms with Gasteiger partial charge in [0.15, 0.2) is 0 Å². The van der Waals surface area contributed by atoms with E-state index in [1.54, 1.807) is 18.2 Å². The first kappa shape index (κ1) is 14.8. The van der Waals surface area contributed by atoms with Gasteiger partial charge in [0, 0.05) is 4.47 Å². The zero-order valence-corrected chi connectivity index (χ0v) is 12.5. The predicted octanol–water partition coefficient (Wildman–Crippen LogP) is 4.03. The van der Waals surface area contributed by atoms with Gasteiger partial charge in [0.05, 0.1) is 29.7 Å². The summed E-state index contributed by atoms with van der Waals surface area (Å²) in [6, 6.07) is 11.0. The number of nitriles is 1. The number of benzene rings is 2. The maximum atomic E-state index is 11.1. The van der Waals surface area contributed by atoms with Crippen LogP contribution in [0.15, 0.2) is 40.9 Å². The number of ether oxygens (including phenoxy) is 2. The van der Waals surface area contributed by atoms with Gasteiger partial charge >= 0.3 is 5.69 Å². The molecule has 2 aromatic rings. The van der Waals surface area contributed by atoms with E-state index in [9.17, 15) is 10.1 Å². The van der Waals surface area contributed by atoms with Crippen LogP contribution < -0.4 is 9.47 Å². The van der Waals surface area contributed by atoms with E-state index in [1.807, 2.05) is 6.07 Å². The first-order valence-corrected chi connectivity index (χ1v) is 6.54. The largest absolute Gasteiger partial charge is 0.496 e. The minimum absolute atomic E-state index is 0.0720. The molecule has 0 unspecified atom stereocenters. The maximum Gasteiger partial charge on any atom is 0.315 e. The highest BCUT2D eigenvalue weighted by Gasteiger charge is 2.17. The highest BCUT2D eigenvalue weighted by Crippen LogP contribution is 2.35. The third-order valence-corrected chi connectivity index (χ3v) is 3.05. The van der Waals surface area contributed by atoms with Gasteiger partial charge in [-0.05, 0) is 30.3 Å². The molecule has 6 nitrogen and oxygen atoms in total. The van der Waals surface area contributed by atoms with Crippen molar-refractivity contribution in [3.05, 3.63) is 56.5 Å². The average molecular weight is 349 g/mol. The first-order chi connectivity index (χ1) is 10.0.